The molecule has 2 rings (SSSR count). The van der Waals surface area contributed by atoms with Crippen LogP contribution in [0.5, 0.6) is 0 Å². The van der Waals surface area contributed by atoms with Gasteiger partial charge in [-0.15, -0.1) is 0 Å². The SMILES string of the molecule is c1cc[c]([Sr][c]2ccccc2)cc1. The predicted molar refractivity (Wildman–Crippen MR) is 57.9 cm³/mol. The zero-order chi connectivity index (χ0) is 8.93. The van der Waals surface area contributed by atoms with Gasteiger partial charge in [-0.1, -0.05) is 0 Å². The summed E-state index contributed by atoms with van der Waals surface area (Å²) in [6, 6.07) is 21.7. The van der Waals surface area contributed by atoms with E-state index in [1.807, 2.05) is 0 Å². The van der Waals surface area contributed by atoms with Gasteiger partial charge in [0.05, 0.1) is 0 Å². The molecular formula is C12H10Sr. The molecule has 0 aliphatic rings. The van der Waals surface area contributed by atoms with Crippen molar-refractivity contribution in [2.45, 2.75) is 0 Å². The summed E-state index contributed by atoms with van der Waals surface area (Å²) < 4.78 is 3.16. The molecule has 0 fully saturated rings. The van der Waals surface area contributed by atoms with E-state index >= 15 is 0 Å². The molecule has 2 aromatic carbocycles. The van der Waals surface area contributed by atoms with Crippen LogP contribution in [-0.2, 0) is 0 Å². The van der Waals surface area contributed by atoms with E-state index in [9.17, 15) is 0 Å². The minimum atomic E-state index is -0.881. The normalized spacial score (nSPS) is 9.23. The van der Waals surface area contributed by atoms with Crippen LogP contribution in [-0.4, -0.2) is 41.0 Å². The fourth-order valence-corrected chi connectivity index (χ4v) is 5.08. The quantitative estimate of drug-likeness (QED) is 0.697. The molecule has 0 nitrogen and oxygen atoms in total. The predicted octanol–water partition coefficient (Wildman–Crippen LogP) is 1.34. The van der Waals surface area contributed by atoms with Gasteiger partial charge in [0, 0.05) is 0 Å². The molecule has 0 saturated carbocycles. The molecule has 0 saturated heterocycles. The molecule has 0 heterocycles. The molecule has 0 bridgehead atoms. The van der Waals surface area contributed by atoms with Crippen LogP contribution >= 0.6 is 0 Å². The van der Waals surface area contributed by atoms with Gasteiger partial charge in [0.1, 0.15) is 0 Å². The van der Waals surface area contributed by atoms with E-state index in [2.05, 4.69) is 60.7 Å². The topological polar surface area (TPSA) is 0 Å². The molecule has 13 heavy (non-hydrogen) atoms. The second-order valence-corrected chi connectivity index (χ2v) is 8.03. The molecule has 0 radical (unpaired) electrons. The minimum absolute atomic E-state index is 0.881. The molecule has 0 atom stereocenters. The molecule has 0 spiro atoms. The van der Waals surface area contributed by atoms with E-state index in [1.54, 1.807) is 1.07 Å². The number of hydrogen-bond donors (Lipinski definition) is 0. The Morgan fingerprint density at radius 1 is 0.538 bits per heavy atom. The summed E-state index contributed by atoms with van der Waals surface area (Å²) in [6.45, 7) is 0. The van der Waals surface area contributed by atoms with E-state index in [4.69, 9.17) is 0 Å². The van der Waals surface area contributed by atoms with E-state index in [0.717, 1.165) is 0 Å². The summed E-state index contributed by atoms with van der Waals surface area (Å²) in [4.78, 5) is 0. The first kappa shape index (κ1) is 9.47. The van der Waals surface area contributed by atoms with Crippen molar-refractivity contribution >= 4 is 42.1 Å². The maximum absolute atomic E-state index is 2.25. The van der Waals surface area contributed by atoms with Gasteiger partial charge >= 0.3 is 103 Å². The van der Waals surface area contributed by atoms with Crippen molar-refractivity contribution in [1.29, 1.82) is 0 Å². The standard InChI is InChI=1S/2C6H5.Sr/c2*1-2-4-6-5-3-1;/h2*1-5H;. The summed E-state index contributed by atoms with van der Waals surface area (Å²) >= 11 is -0.881. The third kappa shape index (κ3) is 2.96. The Hall–Kier alpha value is -0.0795. The molecule has 2 aromatic rings. The Kier molecular flexibility index (Phi) is 3.62. The maximum atomic E-state index is 2.25. The van der Waals surface area contributed by atoms with Crippen molar-refractivity contribution in [3.8, 4) is 0 Å². The van der Waals surface area contributed by atoms with Crippen LogP contribution in [0.1, 0.15) is 0 Å². The number of rotatable bonds is 2. The van der Waals surface area contributed by atoms with Crippen molar-refractivity contribution in [1.82, 2.24) is 0 Å². The Balaban J connectivity index is 2.16. The summed E-state index contributed by atoms with van der Waals surface area (Å²) in [7, 11) is 0. The first-order valence-electron chi connectivity index (χ1n) is 4.53. The molecule has 0 N–H and O–H groups in total. The Bertz CT molecular complexity index is 316. The van der Waals surface area contributed by atoms with Crippen LogP contribution in [0, 0.1) is 0 Å². The van der Waals surface area contributed by atoms with Gasteiger partial charge in [-0.2, -0.15) is 0 Å². The van der Waals surface area contributed by atoms with Gasteiger partial charge in [0.15, 0.2) is 0 Å². The van der Waals surface area contributed by atoms with E-state index in [-0.39, 0.29) is 0 Å². The van der Waals surface area contributed by atoms with Gasteiger partial charge in [-0.25, -0.2) is 0 Å². The Morgan fingerprint density at radius 3 is 1.31 bits per heavy atom. The average molecular weight is 242 g/mol. The summed E-state index contributed by atoms with van der Waals surface area (Å²) in [6.07, 6.45) is 0. The summed E-state index contributed by atoms with van der Waals surface area (Å²) in [5, 5.41) is 0. The molecule has 0 aliphatic heterocycles. The Morgan fingerprint density at radius 2 is 0.923 bits per heavy atom. The molecule has 0 unspecified atom stereocenters. The van der Waals surface area contributed by atoms with Crippen molar-refractivity contribution in [3.63, 3.8) is 0 Å². The van der Waals surface area contributed by atoms with E-state index < -0.39 is 41.0 Å². The first-order chi connectivity index (χ1) is 6.45. The van der Waals surface area contributed by atoms with Crippen molar-refractivity contribution < 1.29 is 0 Å². The average Bonchev–Trinajstić information content (AvgIpc) is 2.21. The van der Waals surface area contributed by atoms with Gasteiger partial charge < -0.3 is 0 Å². The third-order valence-corrected chi connectivity index (χ3v) is 6.42. The second kappa shape index (κ2) is 4.97. The summed E-state index contributed by atoms with van der Waals surface area (Å²) in [5.74, 6) is 0. The first-order valence-corrected chi connectivity index (χ1v) is 8.00. The fourth-order valence-electron chi connectivity index (χ4n) is 1.43. The van der Waals surface area contributed by atoms with Crippen molar-refractivity contribution in [2.24, 2.45) is 0 Å². The van der Waals surface area contributed by atoms with Gasteiger partial charge in [0.25, 0.3) is 0 Å². The van der Waals surface area contributed by atoms with Crippen molar-refractivity contribution in [3.05, 3.63) is 60.7 Å². The number of hydrogen-bond acceptors (Lipinski definition) is 0. The van der Waals surface area contributed by atoms with Crippen LogP contribution in [0.2, 0.25) is 0 Å². The molecule has 60 valence electrons. The zero-order valence-electron chi connectivity index (χ0n) is 7.48. The molecule has 0 aliphatic carbocycles. The van der Waals surface area contributed by atoms with E-state index in [1.165, 1.54) is 0 Å². The van der Waals surface area contributed by atoms with Gasteiger partial charge in [-0.3, -0.25) is 0 Å². The molecule has 0 aromatic heterocycles. The zero-order valence-corrected chi connectivity index (χ0v) is 11.0. The fraction of sp³-hybridized carbons (Fsp3) is 0. The van der Waals surface area contributed by atoms with Gasteiger partial charge in [0.2, 0.25) is 0 Å². The summed E-state index contributed by atoms with van der Waals surface area (Å²) in [5.41, 5.74) is 0. The third-order valence-electron chi connectivity index (χ3n) is 2.09. The Labute approximate surface area is 101 Å². The van der Waals surface area contributed by atoms with Gasteiger partial charge in [-0.05, 0) is 0 Å². The number of benzene rings is 2. The monoisotopic (exact) mass is 242 g/mol. The molecular weight excluding hydrogens is 232 g/mol. The molecule has 0 amide bonds. The molecule has 1 heteroatoms. The van der Waals surface area contributed by atoms with Crippen LogP contribution in [0.4, 0.5) is 0 Å². The van der Waals surface area contributed by atoms with Crippen LogP contribution in [0.3, 0.4) is 0 Å². The van der Waals surface area contributed by atoms with Crippen LogP contribution < -0.4 is 1.07 Å². The van der Waals surface area contributed by atoms with Crippen LogP contribution in [0.25, 0.3) is 0 Å². The van der Waals surface area contributed by atoms with Crippen molar-refractivity contribution in [2.75, 3.05) is 0 Å². The second-order valence-electron chi connectivity index (χ2n) is 3.15. The van der Waals surface area contributed by atoms with E-state index in [0.29, 0.717) is 0 Å². The van der Waals surface area contributed by atoms with Crippen LogP contribution in [0.15, 0.2) is 60.7 Å².